The van der Waals surface area contributed by atoms with Crippen molar-refractivity contribution in [2.45, 2.75) is 12.8 Å². The van der Waals surface area contributed by atoms with Crippen LogP contribution in [-0.2, 0) is 9.59 Å². The van der Waals surface area contributed by atoms with E-state index in [2.05, 4.69) is 14.8 Å². The van der Waals surface area contributed by atoms with Crippen molar-refractivity contribution in [1.82, 2.24) is 14.8 Å². The van der Waals surface area contributed by atoms with Crippen molar-refractivity contribution >= 4 is 17.6 Å². The molecule has 2 aliphatic rings. The Morgan fingerprint density at radius 3 is 2.62 bits per heavy atom. The van der Waals surface area contributed by atoms with Crippen LogP contribution in [0.2, 0.25) is 0 Å². The minimum absolute atomic E-state index is 0.104. The van der Waals surface area contributed by atoms with E-state index < -0.39 is 0 Å². The molecule has 2 aliphatic heterocycles. The molecule has 0 bridgehead atoms. The third-order valence-electron chi connectivity index (χ3n) is 4.88. The molecular weight excluding hydrogens is 306 g/mol. The first kappa shape index (κ1) is 16.7. The molecule has 2 N–H and O–H groups in total. The summed E-state index contributed by atoms with van der Waals surface area (Å²) >= 11 is 0. The molecule has 2 saturated heterocycles. The van der Waals surface area contributed by atoms with Crippen LogP contribution in [0.4, 0.5) is 5.82 Å². The highest BCUT2D eigenvalue weighted by molar-refractivity contribution is 5.81. The number of hydrogen-bond donors (Lipinski definition) is 1. The Kier molecular flexibility index (Phi) is 5.30. The summed E-state index contributed by atoms with van der Waals surface area (Å²) in [6.07, 6.45) is 3.45. The largest absolute Gasteiger partial charge is 0.369 e. The van der Waals surface area contributed by atoms with Crippen LogP contribution in [0.25, 0.3) is 0 Å². The Hall–Kier alpha value is -2.15. The van der Waals surface area contributed by atoms with Gasteiger partial charge in [0.05, 0.1) is 12.5 Å². The number of nitrogens with two attached hydrogens (primary N) is 1. The first-order valence-corrected chi connectivity index (χ1v) is 8.59. The van der Waals surface area contributed by atoms with Crippen LogP contribution < -0.4 is 10.6 Å². The van der Waals surface area contributed by atoms with Gasteiger partial charge in [-0.05, 0) is 25.0 Å². The number of amides is 2. The summed E-state index contributed by atoms with van der Waals surface area (Å²) < 4.78 is 0. The predicted molar refractivity (Wildman–Crippen MR) is 91.4 cm³/mol. The van der Waals surface area contributed by atoms with Crippen molar-refractivity contribution in [1.29, 1.82) is 0 Å². The van der Waals surface area contributed by atoms with Crippen LogP contribution in [0, 0.1) is 5.92 Å². The lowest BCUT2D eigenvalue weighted by Gasteiger charge is -2.37. The number of aromatic nitrogens is 1. The van der Waals surface area contributed by atoms with E-state index in [1.165, 1.54) is 0 Å². The van der Waals surface area contributed by atoms with Crippen molar-refractivity contribution in [2.75, 3.05) is 50.7 Å². The van der Waals surface area contributed by atoms with E-state index in [4.69, 9.17) is 5.73 Å². The molecule has 7 nitrogen and oxygen atoms in total. The van der Waals surface area contributed by atoms with E-state index in [-0.39, 0.29) is 17.7 Å². The highest BCUT2D eigenvalue weighted by Crippen LogP contribution is 2.17. The summed E-state index contributed by atoms with van der Waals surface area (Å²) in [5.41, 5.74) is 5.39. The fourth-order valence-electron chi connectivity index (χ4n) is 3.40. The van der Waals surface area contributed by atoms with E-state index in [0.717, 1.165) is 51.4 Å². The molecule has 1 aromatic rings. The third kappa shape index (κ3) is 4.03. The Balaban J connectivity index is 1.47. The molecular formula is C17H25N5O2. The van der Waals surface area contributed by atoms with Crippen molar-refractivity contribution in [3.63, 3.8) is 0 Å². The van der Waals surface area contributed by atoms with E-state index >= 15 is 0 Å². The molecule has 2 fully saturated rings. The van der Waals surface area contributed by atoms with E-state index in [0.29, 0.717) is 13.1 Å². The summed E-state index contributed by atoms with van der Waals surface area (Å²) in [5, 5.41) is 0. The van der Waals surface area contributed by atoms with Gasteiger partial charge in [-0.3, -0.25) is 14.5 Å². The number of primary amides is 1. The Morgan fingerprint density at radius 2 is 1.96 bits per heavy atom. The second-order valence-corrected chi connectivity index (χ2v) is 6.53. The molecule has 0 aliphatic carbocycles. The molecule has 24 heavy (non-hydrogen) atoms. The summed E-state index contributed by atoms with van der Waals surface area (Å²) in [4.78, 5) is 34.4. The standard InChI is InChI=1S/C17H25N5O2/c18-17(24)14-4-3-7-22(12-14)16(23)13-20-8-10-21(11-9-20)15-5-1-2-6-19-15/h1-2,5-6,14H,3-4,7-13H2,(H2,18,24)/t14-/m0/s1. The van der Waals surface area contributed by atoms with Crippen LogP contribution >= 0.6 is 0 Å². The van der Waals surface area contributed by atoms with Crippen LogP contribution in [0.1, 0.15) is 12.8 Å². The summed E-state index contributed by atoms with van der Waals surface area (Å²) in [6.45, 7) is 5.05. The van der Waals surface area contributed by atoms with Gasteiger partial charge in [-0.1, -0.05) is 6.07 Å². The molecule has 0 aromatic carbocycles. The lowest BCUT2D eigenvalue weighted by Crippen LogP contribution is -2.52. The van der Waals surface area contributed by atoms with Crippen LogP contribution in [0.3, 0.4) is 0 Å². The maximum Gasteiger partial charge on any atom is 0.236 e. The molecule has 3 rings (SSSR count). The zero-order chi connectivity index (χ0) is 16.9. The lowest BCUT2D eigenvalue weighted by molar-refractivity contribution is -0.136. The monoisotopic (exact) mass is 331 g/mol. The SMILES string of the molecule is NC(=O)[C@H]1CCCN(C(=O)CN2CCN(c3ccccn3)CC2)C1. The first-order valence-electron chi connectivity index (χ1n) is 8.59. The number of rotatable bonds is 4. The van der Waals surface area contributed by atoms with E-state index in [1.54, 1.807) is 11.1 Å². The molecule has 0 unspecified atom stereocenters. The molecule has 0 radical (unpaired) electrons. The average Bonchev–Trinajstić information content (AvgIpc) is 2.63. The second kappa shape index (κ2) is 7.61. The van der Waals surface area contributed by atoms with Crippen molar-refractivity contribution in [2.24, 2.45) is 11.7 Å². The molecule has 7 heteroatoms. The first-order chi connectivity index (χ1) is 11.6. The third-order valence-corrected chi connectivity index (χ3v) is 4.88. The number of piperazine rings is 1. The Morgan fingerprint density at radius 1 is 1.17 bits per heavy atom. The van der Waals surface area contributed by atoms with Crippen LogP contribution in [-0.4, -0.2) is 72.4 Å². The maximum atomic E-state index is 12.5. The number of likely N-dealkylation sites (tertiary alicyclic amines) is 1. The lowest BCUT2D eigenvalue weighted by atomic mass is 9.97. The van der Waals surface area contributed by atoms with Gasteiger partial charge in [0.15, 0.2) is 0 Å². The quantitative estimate of drug-likeness (QED) is 0.835. The van der Waals surface area contributed by atoms with Gasteiger partial charge in [0, 0.05) is 45.5 Å². The average molecular weight is 331 g/mol. The van der Waals surface area contributed by atoms with Gasteiger partial charge in [-0.25, -0.2) is 4.98 Å². The van der Waals surface area contributed by atoms with Gasteiger partial charge in [-0.2, -0.15) is 0 Å². The Labute approximate surface area is 142 Å². The summed E-state index contributed by atoms with van der Waals surface area (Å²) in [5.74, 6) is 0.608. The normalized spacial score (nSPS) is 22.4. The smallest absolute Gasteiger partial charge is 0.236 e. The fourth-order valence-corrected chi connectivity index (χ4v) is 3.40. The molecule has 0 spiro atoms. The number of carbonyl (C=O) groups is 2. The van der Waals surface area contributed by atoms with Crippen molar-refractivity contribution in [3.05, 3.63) is 24.4 Å². The molecule has 2 amide bonds. The van der Waals surface area contributed by atoms with E-state index in [1.807, 2.05) is 18.2 Å². The van der Waals surface area contributed by atoms with Gasteiger partial charge >= 0.3 is 0 Å². The predicted octanol–water partition coefficient (Wildman–Crippen LogP) is -0.0725. The highest BCUT2D eigenvalue weighted by atomic mass is 16.2. The number of hydrogen-bond acceptors (Lipinski definition) is 5. The molecule has 1 atom stereocenters. The number of piperidine rings is 1. The minimum Gasteiger partial charge on any atom is -0.369 e. The zero-order valence-electron chi connectivity index (χ0n) is 13.9. The van der Waals surface area contributed by atoms with Crippen LogP contribution in [0.15, 0.2) is 24.4 Å². The Bertz CT molecular complexity index is 572. The maximum absolute atomic E-state index is 12.5. The highest BCUT2D eigenvalue weighted by Gasteiger charge is 2.28. The van der Waals surface area contributed by atoms with Gasteiger partial charge < -0.3 is 15.5 Å². The fraction of sp³-hybridized carbons (Fsp3) is 0.588. The van der Waals surface area contributed by atoms with Crippen LogP contribution in [0.5, 0.6) is 0 Å². The molecule has 130 valence electrons. The number of anilines is 1. The van der Waals surface area contributed by atoms with Gasteiger partial charge in [0.1, 0.15) is 5.82 Å². The van der Waals surface area contributed by atoms with Gasteiger partial charge in [0.2, 0.25) is 11.8 Å². The summed E-state index contributed by atoms with van der Waals surface area (Å²) in [6, 6.07) is 5.92. The second-order valence-electron chi connectivity index (χ2n) is 6.53. The molecule has 1 aromatic heterocycles. The van der Waals surface area contributed by atoms with Crippen molar-refractivity contribution < 1.29 is 9.59 Å². The molecule has 0 saturated carbocycles. The van der Waals surface area contributed by atoms with Crippen molar-refractivity contribution in [3.8, 4) is 0 Å². The summed E-state index contributed by atoms with van der Waals surface area (Å²) in [7, 11) is 0. The van der Waals surface area contributed by atoms with Gasteiger partial charge in [0.25, 0.3) is 0 Å². The number of carbonyl (C=O) groups excluding carboxylic acids is 2. The zero-order valence-corrected chi connectivity index (χ0v) is 13.9. The number of nitrogens with zero attached hydrogens (tertiary/aromatic N) is 4. The minimum atomic E-state index is -0.295. The van der Waals surface area contributed by atoms with Gasteiger partial charge in [-0.15, -0.1) is 0 Å². The van der Waals surface area contributed by atoms with E-state index in [9.17, 15) is 9.59 Å². The molecule has 3 heterocycles. The number of pyridine rings is 1. The topological polar surface area (TPSA) is 82.8 Å².